The van der Waals surface area contributed by atoms with Gasteiger partial charge in [0.15, 0.2) is 0 Å². The third kappa shape index (κ3) is 2.73. The van der Waals surface area contributed by atoms with Crippen molar-refractivity contribution in [3.05, 3.63) is 36.0 Å². The Bertz CT molecular complexity index is 411. The number of hydrogen-bond donors (Lipinski definition) is 2. The average molecular weight is 232 g/mol. The topological polar surface area (TPSA) is 61.3 Å². The van der Waals surface area contributed by atoms with E-state index in [1.54, 1.807) is 0 Å². The van der Waals surface area contributed by atoms with E-state index in [0.29, 0.717) is 11.8 Å². The molecule has 0 saturated heterocycles. The highest BCUT2D eigenvalue weighted by molar-refractivity contribution is 5.41. The van der Waals surface area contributed by atoms with Crippen LogP contribution in [0.25, 0.3) is 0 Å². The molecular formula is C14H20N2O. The molecule has 0 fully saturated rings. The minimum Gasteiger partial charge on any atom is -0.490 e. The fourth-order valence-electron chi connectivity index (χ4n) is 2.15. The Morgan fingerprint density at radius 2 is 1.76 bits per heavy atom. The molecule has 0 aliphatic heterocycles. The highest BCUT2D eigenvalue weighted by Crippen LogP contribution is 2.29. The zero-order valence-corrected chi connectivity index (χ0v) is 10.4. The van der Waals surface area contributed by atoms with Crippen molar-refractivity contribution < 1.29 is 4.74 Å². The van der Waals surface area contributed by atoms with Crippen LogP contribution in [0.5, 0.6) is 5.75 Å². The predicted molar refractivity (Wildman–Crippen MR) is 70.5 cm³/mol. The Balaban J connectivity index is 2.07. The number of hydrogen-bond acceptors (Lipinski definition) is 3. The van der Waals surface area contributed by atoms with Crippen molar-refractivity contribution in [2.45, 2.75) is 26.4 Å². The van der Waals surface area contributed by atoms with E-state index in [4.69, 9.17) is 16.2 Å². The zero-order valence-electron chi connectivity index (χ0n) is 10.4. The summed E-state index contributed by atoms with van der Waals surface area (Å²) >= 11 is 0. The summed E-state index contributed by atoms with van der Waals surface area (Å²) in [5.74, 6) is 1.62. The van der Waals surface area contributed by atoms with Crippen LogP contribution in [0.3, 0.4) is 0 Å². The van der Waals surface area contributed by atoms with E-state index in [1.807, 2.05) is 24.3 Å². The van der Waals surface area contributed by atoms with E-state index >= 15 is 0 Å². The molecule has 2 rings (SSSR count). The molecule has 17 heavy (non-hydrogen) atoms. The molecule has 0 amide bonds. The normalized spacial score (nSPS) is 28.6. The van der Waals surface area contributed by atoms with Crippen LogP contribution >= 0.6 is 0 Å². The Morgan fingerprint density at radius 3 is 2.41 bits per heavy atom. The number of allylic oxidation sites excluding steroid dienone is 1. The number of anilines is 1. The summed E-state index contributed by atoms with van der Waals surface area (Å²) in [4.78, 5) is 0. The van der Waals surface area contributed by atoms with Gasteiger partial charge in [0.2, 0.25) is 0 Å². The van der Waals surface area contributed by atoms with Gasteiger partial charge in [-0.1, -0.05) is 19.9 Å². The molecule has 0 saturated carbocycles. The molecule has 0 bridgehead atoms. The first-order valence-corrected chi connectivity index (χ1v) is 6.05. The lowest BCUT2D eigenvalue weighted by molar-refractivity contribution is 0.132. The Kier molecular flexibility index (Phi) is 3.27. The van der Waals surface area contributed by atoms with E-state index in [2.05, 4.69) is 19.9 Å². The van der Waals surface area contributed by atoms with Crippen molar-refractivity contribution in [1.82, 2.24) is 0 Å². The monoisotopic (exact) mass is 232 g/mol. The second kappa shape index (κ2) is 4.70. The predicted octanol–water partition coefficient (Wildman–Crippen LogP) is 2.53. The first kappa shape index (κ1) is 11.8. The van der Waals surface area contributed by atoms with Gasteiger partial charge in [-0.15, -0.1) is 0 Å². The van der Waals surface area contributed by atoms with Gasteiger partial charge in [0.25, 0.3) is 0 Å². The second-order valence-electron chi connectivity index (χ2n) is 4.89. The summed E-state index contributed by atoms with van der Waals surface area (Å²) in [7, 11) is 0. The number of nitrogen functional groups attached to an aromatic ring is 1. The van der Waals surface area contributed by atoms with Crippen molar-refractivity contribution in [2.75, 3.05) is 5.73 Å². The molecule has 0 spiro atoms. The molecule has 3 heteroatoms. The van der Waals surface area contributed by atoms with Crippen LogP contribution in [0.15, 0.2) is 36.0 Å². The molecule has 3 atom stereocenters. The highest BCUT2D eigenvalue weighted by Gasteiger charge is 2.26. The van der Waals surface area contributed by atoms with Crippen molar-refractivity contribution in [3.63, 3.8) is 0 Å². The maximum Gasteiger partial charge on any atom is 0.119 e. The summed E-state index contributed by atoms with van der Waals surface area (Å²) in [5, 5.41) is 0. The Labute approximate surface area is 102 Å². The summed E-state index contributed by atoms with van der Waals surface area (Å²) in [5.41, 5.74) is 13.3. The second-order valence-corrected chi connectivity index (χ2v) is 4.89. The number of rotatable bonds is 2. The lowest BCUT2D eigenvalue weighted by Crippen LogP contribution is -2.32. The SMILES string of the molecule is CC1CC(Oc2ccc(N)cc2)C(C)C=C1N. The maximum absolute atomic E-state index is 5.99. The largest absolute Gasteiger partial charge is 0.490 e. The number of ether oxygens (including phenoxy) is 1. The average Bonchev–Trinajstić information content (AvgIpc) is 2.29. The van der Waals surface area contributed by atoms with E-state index in [0.717, 1.165) is 23.6 Å². The fourth-order valence-corrected chi connectivity index (χ4v) is 2.15. The third-order valence-corrected chi connectivity index (χ3v) is 3.36. The van der Waals surface area contributed by atoms with Gasteiger partial charge in [-0.05, 0) is 36.6 Å². The van der Waals surface area contributed by atoms with Gasteiger partial charge in [-0.25, -0.2) is 0 Å². The first-order chi connectivity index (χ1) is 8.06. The van der Waals surface area contributed by atoms with Crippen LogP contribution in [0.2, 0.25) is 0 Å². The summed E-state index contributed by atoms with van der Waals surface area (Å²) in [6, 6.07) is 7.54. The van der Waals surface area contributed by atoms with Crippen LogP contribution in [0.4, 0.5) is 5.69 Å². The molecule has 0 heterocycles. The van der Waals surface area contributed by atoms with Crippen LogP contribution in [0, 0.1) is 11.8 Å². The van der Waals surface area contributed by atoms with Gasteiger partial charge in [-0.2, -0.15) is 0 Å². The summed E-state index contributed by atoms with van der Waals surface area (Å²) in [6.45, 7) is 4.28. The Hall–Kier alpha value is -1.64. The lowest BCUT2D eigenvalue weighted by Gasteiger charge is -2.31. The fraction of sp³-hybridized carbons (Fsp3) is 0.429. The van der Waals surface area contributed by atoms with Gasteiger partial charge in [0.05, 0.1) is 0 Å². The van der Waals surface area contributed by atoms with Crippen molar-refractivity contribution in [3.8, 4) is 5.75 Å². The van der Waals surface area contributed by atoms with Crippen LogP contribution in [-0.2, 0) is 0 Å². The van der Waals surface area contributed by atoms with Gasteiger partial charge < -0.3 is 16.2 Å². The molecule has 92 valence electrons. The quantitative estimate of drug-likeness (QED) is 0.770. The standard InChI is InChI=1S/C14H20N2O/c1-9-8-14(10(2)7-13(9)16)17-12-5-3-11(15)4-6-12/h3-7,9-10,14H,8,15-16H2,1-2H3. The molecule has 3 unspecified atom stereocenters. The third-order valence-electron chi connectivity index (χ3n) is 3.36. The number of benzene rings is 1. The summed E-state index contributed by atoms with van der Waals surface area (Å²) < 4.78 is 5.99. The van der Waals surface area contributed by atoms with Gasteiger partial charge in [-0.3, -0.25) is 0 Å². The van der Waals surface area contributed by atoms with Crippen molar-refractivity contribution in [2.24, 2.45) is 17.6 Å². The zero-order chi connectivity index (χ0) is 12.4. The summed E-state index contributed by atoms with van der Waals surface area (Å²) in [6.07, 6.45) is 3.27. The molecule has 1 aliphatic rings. The van der Waals surface area contributed by atoms with Gasteiger partial charge in [0.1, 0.15) is 11.9 Å². The van der Waals surface area contributed by atoms with Crippen LogP contribution < -0.4 is 16.2 Å². The molecule has 4 N–H and O–H groups in total. The van der Waals surface area contributed by atoms with E-state index in [9.17, 15) is 0 Å². The Morgan fingerprint density at radius 1 is 1.12 bits per heavy atom. The molecule has 1 aromatic rings. The van der Waals surface area contributed by atoms with E-state index in [-0.39, 0.29) is 6.10 Å². The maximum atomic E-state index is 5.99. The molecule has 0 radical (unpaired) electrons. The van der Waals surface area contributed by atoms with E-state index < -0.39 is 0 Å². The van der Waals surface area contributed by atoms with E-state index in [1.165, 1.54) is 0 Å². The van der Waals surface area contributed by atoms with Crippen molar-refractivity contribution in [1.29, 1.82) is 0 Å². The molecule has 1 aromatic carbocycles. The molecular weight excluding hydrogens is 212 g/mol. The number of nitrogens with two attached hydrogens (primary N) is 2. The molecule has 3 nitrogen and oxygen atoms in total. The van der Waals surface area contributed by atoms with Gasteiger partial charge in [0, 0.05) is 17.3 Å². The van der Waals surface area contributed by atoms with Crippen LogP contribution in [0.1, 0.15) is 20.3 Å². The van der Waals surface area contributed by atoms with Gasteiger partial charge >= 0.3 is 0 Å². The first-order valence-electron chi connectivity index (χ1n) is 6.05. The lowest BCUT2D eigenvalue weighted by atomic mass is 9.85. The molecule has 1 aliphatic carbocycles. The minimum atomic E-state index is 0.195. The molecule has 0 aromatic heterocycles. The smallest absolute Gasteiger partial charge is 0.119 e. The minimum absolute atomic E-state index is 0.195. The van der Waals surface area contributed by atoms with Crippen LogP contribution in [-0.4, -0.2) is 6.10 Å². The highest BCUT2D eigenvalue weighted by atomic mass is 16.5. The van der Waals surface area contributed by atoms with Crippen molar-refractivity contribution >= 4 is 5.69 Å².